The fraction of sp³-hybridized carbons (Fsp3) is 0.588. The van der Waals surface area contributed by atoms with Crippen molar-refractivity contribution >= 4 is 11.8 Å². The normalized spacial score (nSPS) is 13.0. The number of carbonyl (C=O) groups excluding carboxylic acids is 1. The molecular formula is C17H27N5O2. The van der Waals surface area contributed by atoms with Gasteiger partial charge in [-0.1, -0.05) is 25.9 Å². The van der Waals surface area contributed by atoms with E-state index in [-0.39, 0.29) is 17.5 Å². The fourth-order valence-corrected chi connectivity index (χ4v) is 2.53. The van der Waals surface area contributed by atoms with E-state index in [1.165, 1.54) is 5.56 Å². The zero-order valence-corrected chi connectivity index (χ0v) is 15.5. The summed E-state index contributed by atoms with van der Waals surface area (Å²) in [4.78, 5) is 12.1. The van der Waals surface area contributed by atoms with Crippen LogP contribution in [-0.4, -0.2) is 27.0 Å². The van der Waals surface area contributed by atoms with Crippen LogP contribution in [0.2, 0.25) is 0 Å². The Hall–Kier alpha value is -2.31. The van der Waals surface area contributed by atoms with Gasteiger partial charge in [0, 0.05) is 30.3 Å². The molecule has 24 heavy (non-hydrogen) atoms. The van der Waals surface area contributed by atoms with E-state index in [1.54, 1.807) is 6.07 Å². The highest BCUT2D eigenvalue weighted by atomic mass is 16.5. The standard InChI is InChI=1S/C17H27N5O2/c1-10(8-13-11(2)20-22(7)12(13)3)18-16(23)19-15-9-14(24-21-15)17(4,5)6/h9-10H,8H2,1-7H3,(H2,18,19,21,23)/t10-/m0/s1. The molecule has 2 heterocycles. The van der Waals surface area contributed by atoms with E-state index < -0.39 is 0 Å². The van der Waals surface area contributed by atoms with Crippen molar-refractivity contribution in [3.8, 4) is 0 Å². The van der Waals surface area contributed by atoms with Crippen molar-refractivity contribution in [1.29, 1.82) is 0 Å². The maximum absolute atomic E-state index is 12.1. The largest absolute Gasteiger partial charge is 0.359 e. The lowest BCUT2D eigenvalue weighted by Crippen LogP contribution is -2.37. The summed E-state index contributed by atoms with van der Waals surface area (Å²) < 4.78 is 7.12. The molecule has 0 fully saturated rings. The Bertz CT molecular complexity index is 724. The Kier molecular flexibility index (Phi) is 5.01. The summed E-state index contributed by atoms with van der Waals surface area (Å²) in [6.45, 7) is 12.1. The molecule has 0 aromatic carbocycles. The Morgan fingerprint density at radius 1 is 1.38 bits per heavy atom. The average Bonchev–Trinajstić information content (AvgIpc) is 2.99. The lowest BCUT2D eigenvalue weighted by Gasteiger charge is -2.14. The molecule has 0 unspecified atom stereocenters. The molecule has 0 aliphatic carbocycles. The number of carbonyl (C=O) groups is 1. The topological polar surface area (TPSA) is 85.0 Å². The number of anilines is 1. The van der Waals surface area contributed by atoms with Gasteiger partial charge < -0.3 is 9.84 Å². The molecule has 0 spiro atoms. The van der Waals surface area contributed by atoms with Gasteiger partial charge >= 0.3 is 6.03 Å². The van der Waals surface area contributed by atoms with Gasteiger partial charge in [0.15, 0.2) is 5.82 Å². The molecule has 0 aliphatic rings. The van der Waals surface area contributed by atoms with Crippen LogP contribution in [0.25, 0.3) is 0 Å². The molecule has 2 N–H and O–H groups in total. The summed E-state index contributed by atoms with van der Waals surface area (Å²) in [6, 6.07) is 1.43. The molecular weight excluding hydrogens is 306 g/mol. The quantitative estimate of drug-likeness (QED) is 0.900. The summed E-state index contributed by atoms with van der Waals surface area (Å²) in [5, 5.41) is 13.9. The first-order chi connectivity index (χ1) is 11.1. The molecule has 2 aromatic rings. The summed E-state index contributed by atoms with van der Waals surface area (Å²) in [5.74, 6) is 1.14. The molecule has 0 aliphatic heterocycles. The van der Waals surface area contributed by atoms with Gasteiger partial charge in [0.25, 0.3) is 0 Å². The van der Waals surface area contributed by atoms with Gasteiger partial charge in [0.1, 0.15) is 5.76 Å². The Balaban J connectivity index is 1.93. The maximum Gasteiger partial charge on any atom is 0.320 e. The Labute approximate surface area is 142 Å². The number of hydrogen-bond acceptors (Lipinski definition) is 4. The predicted molar refractivity (Wildman–Crippen MR) is 93.2 cm³/mol. The van der Waals surface area contributed by atoms with Gasteiger partial charge in [-0.25, -0.2) is 4.79 Å². The van der Waals surface area contributed by atoms with Crippen LogP contribution in [-0.2, 0) is 18.9 Å². The second kappa shape index (κ2) is 6.67. The summed E-state index contributed by atoms with van der Waals surface area (Å²) in [5.41, 5.74) is 3.14. The first-order valence-electron chi connectivity index (χ1n) is 8.11. The zero-order valence-electron chi connectivity index (χ0n) is 15.5. The minimum atomic E-state index is -0.296. The first-order valence-corrected chi connectivity index (χ1v) is 8.11. The van der Waals surface area contributed by atoms with E-state index in [9.17, 15) is 4.79 Å². The number of hydrogen-bond donors (Lipinski definition) is 2. The molecule has 0 saturated carbocycles. The third kappa shape index (κ3) is 4.15. The van der Waals surface area contributed by atoms with Crippen LogP contribution in [0, 0.1) is 13.8 Å². The molecule has 1 atom stereocenters. The van der Waals surface area contributed by atoms with E-state index >= 15 is 0 Å². The molecule has 0 radical (unpaired) electrons. The van der Waals surface area contributed by atoms with Gasteiger partial charge in [-0.05, 0) is 32.8 Å². The third-order valence-corrected chi connectivity index (χ3v) is 4.04. The highest BCUT2D eigenvalue weighted by Crippen LogP contribution is 2.24. The smallest absolute Gasteiger partial charge is 0.320 e. The minimum Gasteiger partial charge on any atom is -0.359 e. The van der Waals surface area contributed by atoms with Crippen molar-refractivity contribution in [2.24, 2.45) is 7.05 Å². The van der Waals surface area contributed by atoms with Crippen molar-refractivity contribution in [1.82, 2.24) is 20.3 Å². The Morgan fingerprint density at radius 3 is 2.54 bits per heavy atom. The van der Waals surface area contributed by atoms with E-state index in [0.29, 0.717) is 5.82 Å². The van der Waals surface area contributed by atoms with E-state index in [0.717, 1.165) is 23.6 Å². The van der Waals surface area contributed by atoms with Gasteiger partial charge in [0.2, 0.25) is 0 Å². The molecule has 0 saturated heterocycles. The van der Waals surface area contributed by atoms with Gasteiger partial charge in [0.05, 0.1) is 5.69 Å². The average molecular weight is 333 g/mol. The molecule has 2 amide bonds. The minimum absolute atomic E-state index is 0.0272. The molecule has 2 aromatic heterocycles. The van der Waals surface area contributed by atoms with Crippen LogP contribution in [0.3, 0.4) is 0 Å². The van der Waals surface area contributed by atoms with Crippen LogP contribution < -0.4 is 10.6 Å². The monoisotopic (exact) mass is 333 g/mol. The SMILES string of the molecule is Cc1nn(C)c(C)c1C[C@H](C)NC(=O)Nc1cc(C(C)(C)C)on1. The number of aryl methyl sites for hydroxylation is 2. The third-order valence-electron chi connectivity index (χ3n) is 4.04. The molecule has 2 rings (SSSR count). The summed E-state index contributed by atoms with van der Waals surface area (Å²) >= 11 is 0. The van der Waals surface area contributed by atoms with Crippen molar-refractivity contribution in [3.05, 3.63) is 28.8 Å². The van der Waals surface area contributed by atoms with Gasteiger partial charge in [-0.15, -0.1) is 0 Å². The van der Waals surface area contributed by atoms with Crippen molar-refractivity contribution in [2.75, 3.05) is 5.32 Å². The first kappa shape index (κ1) is 18.0. The summed E-state index contributed by atoms with van der Waals surface area (Å²) in [6.07, 6.45) is 0.727. The number of nitrogens with one attached hydrogen (secondary N) is 2. The van der Waals surface area contributed by atoms with Crippen LogP contribution >= 0.6 is 0 Å². The Morgan fingerprint density at radius 2 is 2.04 bits per heavy atom. The highest BCUT2D eigenvalue weighted by molar-refractivity contribution is 5.88. The maximum atomic E-state index is 12.1. The zero-order chi connectivity index (χ0) is 18.1. The fourth-order valence-electron chi connectivity index (χ4n) is 2.53. The predicted octanol–water partition coefficient (Wildman–Crippen LogP) is 3.08. The van der Waals surface area contributed by atoms with Gasteiger partial charge in [-0.2, -0.15) is 5.10 Å². The molecule has 7 heteroatoms. The molecule has 132 valence electrons. The second-order valence-electron chi connectivity index (χ2n) is 7.30. The van der Waals surface area contributed by atoms with Crippen LogP contribution in [0.4, 0.5) is 10.6 Å². The number of amides is 2. The van der Waals surface area contributed by atoms with E-state index in [1.807, 2.05) is 53.3 Å². The van der Waals surface area contributed by atoms with E-state index in [4.69, 9.17) is 4.52 Å². The highest BCUT2D eigenvalue weighted by Gasteiger charge is 2.21. The summed E-state index contributed by atoms with van der Waals surface area (Å²) in [7, 11) is 1.92. The lowest BCUT2D eigenvalue weighted by molar-refractivity contribution is 0.249. The van der Waals surface area contributed by atoms with Crippen molar-refractivity contribution in [2.45, 2.75) is 59.4 Å². The second-order valence-corrected chi connectivity index (χ2v) is 7.30. The molecule has 7 nitrogen and oxygen atoms in total. The van der Waals surface area contributed by atoms with E-state index in [2.05, 4.69) is 20.9 Å². The van der Waals surface area contributed by atoms with Crippen LogP contribution in [0.15, 0.2) is 10.6 Å². The van der Waals surface area contributed by atoms with Crippen LogP contribution in [0.5, 0.6) is 0 Å². The lowest BCUT2D eigenvalue weighted by atomic mass is 9.93. The number of nitrogens with zero attached hydrogens (tertiary/aromatic N) is 3. The molecule has 0 bridgehead atoms. The van der Waals surface area contributed by atoms with Crippen molar-refractivity contribution in [3.63, 3.8) is 0 Å². The van der Waals surface area contributed by atoms with Crippen LogP contribution in [0.1, 0.15) is 50.4 Å². The van der Waals surface area contributed by atoms with Crippen molar-refractivity contribution < 1.29 is 9.32 Å². The number of urea groups is 1. The number of rotatable bonds is 4. The number of aromatic nitrogens is 3. The van der Waals surface area contributed by atoms with Gasteiger partial charge in [-0.3, -0.25) is 10.00 Å².